The molecule has 1 aromatic rings. The van der Waals surface area contributed by atoms with E-state index in [9.17, 15) is 14.4 Å². The van der Waals surface area contributed by atoms with E-state index in [1.54, 1.807) is 19.1 Å². The maximum atomic E-state index is 11.9. The van der Waals surface area contributed by atoms with E-state index in [0.717, 1.165) is 12.0 Å². The van der Waals surface area contributed by atoms with Crippen molar-refractivity contribution in [2.75, 3.05) is 13.2 Å². The Morgan fingerprint density at radius 2 is 1.71 bits per heavy atom. The third-order valence-electron chi connectivity index (χ3n) is 3.47. The molecule has 6 nitrogen and oxygen atoms in total. The van der Waals surface area contributed by atoms with Gasteiger partial charge in [0.05, 0.1) is 5.56 Å². The van der Waals surface area contributed by atoms with Gasteiger partial charge in [-0.15, -0.1) is 0 Å². The summed E-state index contributed by atoms with van der Waals surface area (Å²) in [5.74, 6) is -0.966. The fraction of sp³-hybridized carbons (Fsp3) is 0.500. The maximum Gasteiger partial charge on any atom is 0.338 e. The van der Waals surface area contributed by atoms with Gasteiger partial charge in [-0.05, 0) is 37.0 Å². The number of carbonyl (C=O) groups excluding carboxylic acids is 3. The number of amides is 2. The van der Waals surface area contributed by atoms with Gasteiger partial charge in [0.15, 0.2) is 6.61 Å². The Hall–Kier alpha value is -2.37. The molecule has 132 valence electrons. The van der Waals surface area contributed by atoms with Gasteiger partial charge in [0, 0.05) is 6.54 Å². The quantitative estimate of drug-likeness (QED) is 0.712. The molecule has 1 aromatic carbocycles. The molecular weight excluding hydrogens is 308 g/mol. The highest BCUT2D eigenvalue weighted by molar-refractivity contribution is 5.92. The number of ether oxygens (including phenoxy) is 1. The average Bonchev–Trinajstić information content (AvgIpc) is 2.57. The summed E-state index contributed by atoms with van der Waals surface area (Å²) in [5.41, 5.74) is 1.51. The largest absolute Gasteiger partial charge is 0.452 e. The lowest BCUT2D eigenvalue weighted by molar-refractivity contribution is -0.130. The van der Waals surface area contributed by atoms with E-state index in [0.29, 0.717) is 18.0 Å². The van der Waals surface area contributed by atoms with Crippen molar-refractivity contribution < 1.29 is 19.1 Å². The lowest BCUT2D eigenvalue weighted by atomic mass is 10.0. The second-order valence-corrected chi connectivity index (χ2v) is 5.93. The zero-order valence-electron chi connectivity index (χ0n) is 14.7. The predicted molar refractivity (Wildman–Crippen MR) is 91.7 cm³/mol. The van der Waals surface area contributed by atoms with Crippen molar-refractivity contribution in [1.82, 2.24) is 10.6 Å². The van der Waals surface area contributed by atoms with Gasteiger partial charge in [-0.25, -0.2) is 4.79 Å². The van der Waals surface area contributed by atoms with Crippen LogP contribution in [0.5, 0.6) is 0 Å². The molecule has 2 N–H and O–H groups in total. The topological polar surface area (TPSA) is 84.5 Å². The van der Waals surface area contributed by atoms with E-state index in [4.69, 9.17) is 4.74 Å². The van der Waals surface area contributed by atoms with Gasteiger partial charge in [-0.1, -0.05) is 32.9 Å². The molecular formula is C18H26N2O4. The van der Waals surface area contributed by atoms with Gasteiger partial charge in [0.2, 0.25) is 5.91 Å². The second-order valence-electron chi connectivity index (χ2n) is 5.93. The first kappa shape index (κ1) is 19.7. The Balaban J connectivity index is 2.43. The Morgan fingerprint density at radius 3 is 2.25 bits per heavy atom. The summed E-state index contributed by atoms with van der Waals surface area (Å²) < 4.78 is 4.97. The van der Waals surface area contributed by atoms with E-state index in [2.05, 4.69) is 24.5 Å². The summed E-state index contributed by atoms with van der Waals surface area (Å²) in [6.07, 6.45) is 0.819. The lowest BCUT2D eigenvalue weighted by Crippen LogP contribution is -2.46. The van der Waals surface area contributed by atoms with Crippen LogP contribution in [0.3, 0.4) is 0 Å². The Kier molecular flexibility index (Phi) is 7.95. The SMILES string of the molecule is CCCNC(=O)[C@@H](C)NC(=O)COC(=O)c1ccc(C(C)C)cc1. The van der Waals surface area contributed by atoms with Gasteiger partial charge >= 0.3 is 5.97 Å². The Bertz CT molecular complexity index is 567. The van der Waals surface area contributed by atoms with Crippen molar-refractivity contribution in [2.24, 2.45) is 0 Å². The Labute approximate surface area is 143 Å². The Morgan fingerprint density at radius 1 is 1.08 bits per heavy atom. The first-order valence-electron chi connectivity index (χ1n) is 8.19. The molecule has 0 aromatic heterocycles. The van der Waals surface area contributed by atoms with E-state index < -0.39 is 24.5 Å². The molecule has 2 amide bonds. The molecule has 6 heteroatoms. The van der Waals surface area contributed by atoms with Gasteiger partial charge in [-0.3, -0.25) is 9.59 Å². The van der Waals surface area contributed by atoms with Crippen LogP contribution < -0.4 is 10.6 Å². The van der Waals surface area contributed by atoms with Crippen LogP contribution in [0, 0.1) is 0 Å². The molecule has 0 spiro atoms. The predicted octanol–water partition coefficient (Wildman–Crippen LogP) is 2.00. The van der Waals surface area contributed by atoms with Gasteiger partial charge in [0.1, 0.15) is 6.04 Å². The standard InChI is InChI=1S/C18H26N2O4/c1-5-10-19-17(22)13(4)20-16(21)11-24-18(23)15-8-6-14(7-9-15)12(2)3/h6-9,12-13H,5,10-11H2,1-4H3,(H,19,22)(H,20,21)/t13-/m1/s1. The summed E-state index contributed by atoms with van der Waals surface area (Å²) in [5, 5.41) is 5.17. The number of nitrogens with one attached hydrogen (secondary N) is 2. The third kappa shape index (κ3) is 6.40. The van der Waals surface area contributed by atoms with Crippen molar-refractivity contribution >= 4 is 17.8 Å². The molecule has 0 aliphatic rings. The number of hydrogen-bond donors (Lipinski definition) is 2. The van der Waals surface area contributed by atoms with E-state index in [-0.39, 0.29) is 5.91 Å². The molecule has 24 heavy (non-hydrogen) atoms. The van der Waals surface area contributed by atoms with Gasteiger partial charge in [0.25, 0.3) is 5.91 Å². The van der Waals surface area contributed by atoms with Crippen LogP contribution in [-0.2, 0) is 14.3 Å². The number of hydrogen-bond acceptors (Lipinski definition) is 4. The fourth-order valence-electron chi connectivity index (χ4n) is 1.97. The fourth-order valence-corrected chi connectivity index (χ4v) is 1.97. The average molecular weight is 334 g/mol. The van der Waals surface area contributed by atoms with E-state index >= 15 is 0 Å². The van der Waals surface area contributed by atoms with Crippen molar-refractivity contribution in [2.45, 2.75) is 46.1 Å². The molecule has 1 atom stereocenters. The van der Waals surface area contributed by atoms with Crippen LogP contribution in [0.4, 0.5) is 0 Å². The molecule has 1 rings (SSSR count). The first-order valence-corrected chi connectivity index (χ1v) is 8.19. The molecule has 0 fully saturated rings. The smallest absolute Gasteiger partial charge is 0.338 e. The highest BCUT2D eigenvalue weighted by Gasteiger charge is 2.16. The summed E-state index contributed by atoms with van der Waals surface area (Å²) in [6.45, 7) is 7.79. The minimum absolute atomic E-state index is 0.263. The normalized spacial score (nSPS) is 11.7. The third-order valence-corrected chi connectivity index (χ3v) is 3.47. The van der Waals surface area contributed by atoms with Crippen molar-refractivity contribution in [3.63, 3.8) is 0 Å². The summed E-state index contributed by atoms with van der Waals surface area (Å²) in [7, 11) is 0. The number of esters is 1. The highest BCUT2D eigenvalue weighted by atomic mass is 16.5. The van der Waals surface area contributed by atoms with Crippen LogP contribution in [-0.4, -0.2) is 37.0 Å². The van der Waals surface area contributed by atoms with E-state index in [1.807, 2.05) is 19.1 Å². The van der Waals surface area contributed by atoms with Crippen LogP contribution in [0.2, 0.25) is 0 Å². The lowest BCUT2D eigenvalue weighted by Gasteiger charge is -2.14. The summed E-state index contributed by atoms with van der Waals surface area (Å²) >= 11 is 0. The summed E-state index contributed by atoms with van der Waals surface area (Å²) in [4.78, 5) is 35.3. The van der Waals surface area contributed by atoms with Crippen LogP contribution in [0.15, 0.2) is 24.3 Å². The van der Waals surface area contributed by atoms with Gasteiger partial charge < -0.3 is 15.4 Å². The van der Waals surface area contributed by atoms with Crippen molar-refractivity contribution in [3.05, 3.63) is 35.4 Å². The molecule has 0 aliphatic heterocycles. The van der Waals surface area contributed by atoms with Crippen LogP contribution in [0.1, 0.15) is 56.0 Å². The number of carbonyl (C=O) groups is 3. The van der Waals surface area contributed by atoms with Crippen molar-refractivity contribution in [3.8, 4) is 0 Å². The zero-order valence-corrected chi connectivity index (χ0v) is 14.7. The van der Waals surface area contributed by atoms with Crippen molar-refractivity contribution in [1.29, 1.82) is 0 Å². The van der Waals surface area contributed by atoms with Gasteiger partial charge in [-0.2, -0.15) is 0 Å². The van der Waals surface area contributed by atoms with E-state index in [1.165, 1.54) is 0 Å². The summed E-state index contributed by atoms with van der Waals surface area (Å²) in [6, 6.07) is 6.41. The van der Waals surface area contributed by atoms with Crippen LogP contribution in [0.25, 0.3) is 0 Å². The first-order chi connectivity index (χ1) is 11.3. The molecule has 0 heterocycles. The minimum Gasteiger partial charge on any atom is -0.452 e. The second kappa shape index (κ2) is 9.70. The number of rotatable bonds is 8. The molecule has 0 bridgehead atoms. The monoisotopic (exact) mass is 334 g/mol. The molecule has 0 unspecified atom stereocenters. The maximum absolute atomic E-state index is 11.9. The molecule has 0 saturated carbocycles. The number of benzene rings is 1. The zero-order chi connectivity index (χ0) is 18.1. The molecule has 0 aliphatic carbocycles. The highest BCUT2D eigenvalue weighted by Crippen LogP contribution is 2.15. The van der Waals surface area contributed by atoms with Crippen LogP contribution >= 0.6 is 0 Å². The molecule has 0 radical (unpaired) electrons. The molecule has 0 saturated heterocycles. The minimum atomic E-state index is -0.673.